The maximum Gasteiger partial charge on any atom is 0.0952 e. The van der Waals surface area contributed by atoms with Crippen LogP contribution in [0.4, 0.5) is 0 Å². The molecule has 2 heterocycles. The maximum absolute atomic E-state index is 6.73. The van der Waals surface area contributed by atoms with Gasteiger partial charge in [-0.1, -0.05) is 69.9 Å². The molecule has 0 saturated carbocycles. The Bertz CT molecular complexity index is 486. The van der Waals surface area contributed by atoms with Gasteiger partial charge in [0.05, 0.1) is 23.9 Å². The molecule has 2 fully saturated rings. The summed E-state index contributed by atoms with van der Waals surface area (Å²) in [4.78, 5) is 0. The van der Waals surface area contributed by atoms with Crippen molar-refractivity contribution < 1.29 is 9.47 Å². The van der Waals surface area contributed by atoms with Crippen LogP contribution in [-0.2, 0) is 16.1 Å². The Hall–Kier alpha value is -0.860. The van der Waals surface area contributed by atoms with Gasteiger partial charge in [-0.05, 0) is 31.2 Å². The fourth-order valence-corrected chi connectivity index (χ4v) is 4.44. The summed E-state index contributed by atoms with van der Waals surface area (Å²) in [5, 5.41) is 0. The largest absolute Gasteiger partial charge is 0.370 e. The molecule has 2 aliphatic heterocycles. The first-order valence-electron chi connectivity index (χ1n) is 9.58. The predicted molar refractivity (Wildman–Crippen MR) is 94.5 cm³/mol. The Balaban J connectivity index is 1.67. The van der Waals surface area contributed by atoms with Crippen LogP contribution in [0.3, 0.4) is 0 Å². The lowest BCUT2D eigenvalue weighted by Crippen LogP contribution is -2.40. The van der Waals surface area contributed by atoms with E-state index in [0.717, 1.165) is 12.8 Å². The van der Waals surface area contributed by atoms with Crippen molar-refractivity contribution in [1.82, 2.24) is 0 Å². The topological polar surface area (TPSA) is 18.5 Å². The summed E-state index contributed by atoms with van der Waals surface area (Å²) in [5.41, 5.74) is 1.38. The zero-order valence-corrected chi connectivity index (χ0v) is 14.9. The highest BCUT2D eigenvalue weighted by Crippen LogP contribution is 2.56. The molecule has 0 spiro atoms. The van der Waals surface area contributed by atoms with Gasteiger partial charge in [-0.2, -0.15) is 0 Å². The zero-order chi connectivity index (χ0) is 16.2. The average molecular weight is 316 g/mol. The van der Waals surface area contributed by atoms with E-state index in [4.69, 9.17) is 9.47 Å². The van der Waals surface area contributed by atoms with Crippen molar-refractivity contribution in [3.63, 3.8) is 0 Å². The van der Waals surface area contributed by atoms with Gasteiger partial charge in [0.25, 0.3) is 0 Å². The van der Waals surface area contributed by atoms with Crippen molar-refractivity contribution in [1.29, 1.82) is 0 Å². The Morgan fingerprint density at radius 2 is 1.78 bits per heavy atom. The Kier molecular flexibility index (Phi) is 5.43. The van der Waals surface area contributed by atoms with Crippen LogP contribution in [0.5, 0.6) is 0 Å². The summed E-state index contributed by atoms with van der Waals surface area (Å²) >= 11 is 0. The number of rotatable bonds is 9. The van der Waals surface area contributed by atoms with Gasteiger partial charge in [0.2, 0.25) is 0 Å². The smallest absolute Gasteiger partial charge is 0.0952 e. The molecular formula is C21H32O2. The lowest BCUT2D eigenvalue weighted by atomic mass is 9.76. The highest BCUT2D eigenvalue weighted by Gasteiger charge is 2.60. The maximum atomic E-state index is 6.73. The summed E-state index contributed by atoms with van der Waals surface area (Å²) in [6.45, 7) is 5.26. The lowest BCUT2D eigenvalue weighted by Gasteiger charge is -2.33. The minimum Gasteiger partial charge on any atom is -0.370 e. The van der Waals surface area contributed by atoms with Crippen molar-refractivity contribution in [3.05, 3.63) is 35.9 Å². The molecule has 23 heavy (non-hydrogen) atoms. The molecule has 1 aromatic carbocycles. The minimum atomic E-state index is -0.00146. The Morgan fingerprint density at radius 1 is 1.04 bits per heavy atom. The molecule has 2 bridgehead atoms. The molecule has 0 N–H and O–H groups in total. The third-order valence-electron chi connectivity index (χ3n) is 5.80. The Labute approximate surface area is 141 Å². The van der Waals surface area contributed by atoms with Crippen LogP contribution >= 0.6 is 0 Å². The normalized spacial score (nSPS) is 32.5. The van der Waals surface area contributed by atoms with Gasteiger partial charge in [0.15, 0.2) is 0 Å². The number of unbranched alkanes of at least 4 members (excludes halogenated alkanes) is 2. The Morgan fingerprint density at radius 3 is 2.52 bits per heavy atom. The van der Waals surface area contributed by atoms with E-state index in [9.17, 15) is 0 Å². The van der Waals surface area contributed by atoms with Crippen LogP contribution in [0, 0.1) is 0 Å². The SMILES string of the molecule is CCCC[C@@]12CC[C@@](CCCC)(O1)[C@H](OCc1ccccc1)C2. The summed E-state index contributed by atoms with van der Waals surface area (Å²) in [7, 11) is 0. The van der Waals surface area contributed by atoms with E-state index in [2.05, 4.69) is 44.2 Å². The van der Waals surface area contributed by atoms with E-state index in [-0.39, 0.29) is 17.3 Å². The fourth-order valence-electron chi connectivity index (χ4n) is 4.44. The molecule has 0 aromatic heterocycles. The molecule has 2 saturated heterocycles. The number of hydrogen-bond donors (Lipinski definition) is 0. The highest BCUT2D eigenvalue weighted by molar-refractivity contribution is 5.15. The van der Waals surface area contributed by atoms with E-state index < -0.39 is 0 Å². The van der Waals surface area contributed by atoms with Crippen LogP contribution < -0.4 is 0 Å². The summed E-state index contributed by atoms with van der Waals surface area (Å²) < 4.78 is 13.1. The van der Waals surface area contributed by atoms with Crippen molar-refractivity contribution in [2.75, 3.05) is 0 Å². The minimum absolute atomic E-state index is 0.00146. The predicted octanol–water partition coefficient (Wildman–Crippen LogP) is 5.64. The first kappa shape index (κ1) is 17.0. The molecule has 3 rings (SSSR count). The van der Waals surface area contributed by atoms with E-state index >= 15 is 0 Å². The molecule has 2 aliphatic rings. The van der Waals surface area contributed by atoms with Gasteiger partial charge in [0.1, 0.15) is 0 Å². The molecule has 128 valence electrons. The van der Waals surface area contributed by atoms with E-state index in [0.29, 0.717) is 6.61 Å². The van der Waals surface area contributed by atoms with Crippen LogP contribution in [-0.4, -0.2) is 17.3 Å². The number of benzene rings is 1. The van der Waals surface area contributed by atoms with Crippen LogP contribution in [0.2, 0.25) is 0 Å². The quantitative estimate of drug-likeness (QED) is 0.586. The van der Waals surface area contributed by atoms with Gasteiger partial charge < -0.3 is 9.47 Å². The van der Waals surface area contributed by atoms with Gasteiger partial charge in [-0.15, -0.1) is 0 Å². The molecule has 1 aromatic rings. The third-order valence-corrected chi connectivity index (χ3v) is 5.80. The lowest BCUT2D eigenvalue weighted by molar-refractivity contribution is -0.104. The first-order valence-corrected chi connectivity index (χ1v) is 9.58. The summed E-state index contributed by atoms with van der Waals surface area (Å²) in [5.74, 6) is 0. The van der Waals surface area contributed by atoms with Crippen LogP contribution in [0.1, 0.15) is 77.2 Å². The van der Waals surface area contributed by atoms with E-state index in [1.54, 1.807) is 0 Å². The van der Waals surface area contributed by atoms with Crippen LogP contribution in [0.15, 0.2) is 30.3 Å². The number of hydrogen-bond acceptors (Lipinski definition) is 2. The van der Waals surface area contributed by atoms with Crippen molar-refractivity contribution in [2.24, 2.45) is 0 Å². The van der Waals surface area contributed by atoms with Crippen LogP contribution in [0.25, 0.3) is 0 Å². The van der Waals surface area contributed by atoms with Gasteiger partial charge in [-0.25, -0.2) is 0 Å². The average Bonchev–Trinajstić information content (AvgIpc) is 3.11. The van der Waals surface area contributed by atoms with Gasteiger partial charge >= 0.3 is 0 Å². The molecule has 0 radical (unpaired) electrons. The number of ether oxygens (including phenoxy) is 2. The second kappa shape index (κ2) is 7.36. The molecule has 3 atom stereocenters. The monoisotopic (exact) mass is 316 g/mol. The molecule has 2 heteroatoms. The second-order valence-corrected chi connectivity index (χ2v) is 7.55. The van der Waals surface area contributed by atoms with Gasteiger partial charge in [0, 0.05) is 6.42 Å². The molecule has 0 unspecified atom stereocenters. The standard InChI is InChI=1S/C21H32O2/c1-3-5-12-20-14-15-21(23-20,13-6-4-2)19(16-20)22-17-18-10-8-7-9-11-18/h7-11,19H,3-6,12-17H2,1-2H3/t19-,20+,21-/m1/s1. The molecule has 2 nitrogen and oxygen atoms in total. The molecule has 0 aliphatic carbocycles. The van der Waals surface area contributed by atoms with Gasteiger partial charge in [-0.3, -0.25) is 0 Å². The third kappa shape index (κ3) is 3.64. The van der Waals surface area contributed by atoms with E-state index in [1.807, 2.05) is 0 Å². The molecular weight excluding hydrogens is 284 g/mol. The zero-order valence-electron chi connectivity index (χ0n) is 14.9. The van der Waals surface area contributed by atoms with E-state index in [1.165, 1.54) is 50.5 Å². The van der Waals surface area contributed by atoms with Crippen molar-refractivity contribution in [3.8, 4) is 0 Å². The summed E-state index contributed by atoms with van der Waals surface area (Å²) in [6.07, 6.45) is 11.2. The second-order valence-electron chi connectivity index (χ2n) is 7.55. The number of fused-ring (bicyclic) bond motifs is 2. The van der Waals surface area contributed by atoms with Crippen molar-refractivity contribution >= 4 is 0 Å². The first-order chi connectivity index (χ1) is 11.2. The summed E-state index contributed by atoms with van der Waals surface area (Å²) in [6, 6.07) is 10.5. The fraction of sp³-hybridized carbons (Fsp3) is 0.714. The van der Waals surface area contributed by atoms with Crippen molar-refractivity contribution in [2.45, 2.75) is 95.5 Å². The highest BCUT2D eigenvalue weighted by atomic mass is 16.6. The molecule has 0 amide bonds.